The van der Waals surface area contributed by atoms with E-state index < -0.39 is 12.4 Å². The van der Waals surface area contributed by atoms with Gasteiger partial charge in [0.1, 0.15) is 5.75 Å². The minimum Gasteiger partial charge on any atom is -0.506 e. The standard InChI is InChI=1S/C6H6FNO2/c7-5-1-8-2-6(10)4(5)3-9/h1-2,9-10H,3H2. The van der Waals surface area contributed by atoms with Gasteiger partial charge in [-0.15, -0.1) is 0 Å². The molecule has 0 bridgehead atoms. The summed E-state index contributed by atoms with van der Waals surface area (Å²) < 4.78 is 12.5. The van der Waals surface area contributed by atoms with Gasteiger partial charge in [-0.3, -0.25) is 4.98 Å². The highest BCUT2D eigenvalue weighted by atomic mass is 19.1. The molecule has 2 N–H and O–H groups in total. The summed E-state index contributed by atoms with van der Waals surface area (Å²) in [5.41, 5.74) is -0.116. The first-order valence-corrected chi connectivity index (χ1v) is 2.68. The van der Waals surface area contributed by atoms with Crippen LogP contribution in [0.2, 0.25) is 0 Å². The van der Waals surface area contributed by atoms with Gasteiger partial charge >= 0.3 is 0 Å². The first-order valence-electron chi connectivity index (χ1n) is 2.68. The highest BCUT2D eigenvalue weighted by Crippen LogP contribution is 2.16. The lowest BCUT2D eigenvalue weighted by Gasteiger charge is -1.98. The van der Waals surface area contributed by atoms with Gasteiger partial charge in [0.25, 0.3) is 0 Å². The number of aliphatic hydroxyl groups excluding tert-OH is 1. The van der Waals surface area contributed by atoms with Crippen LogP contribution in [0.25, 0.3) is 0 Å². The molecule has 0 saturated heterocycles. The molecule has 0 radical (unpaired) electrons. The Bertz CT molecular complexity index is 219. The lowest BCUT2D eigenvalue weighted by atomic mass is 10.2. The molecule has 1 rings (SSSR count). The highest BCUT2D eigenvalue weighted by Gasteiger charge is 2.05. The molecule has 3 nitrogen and oxygen atoms in total. The maximum atomic E-state index is 12.5. The van der Waals surface area contributed by atoms with Gasteiger partial charge < -0.3 is 10.2 Å². The van der Waals surface area contributed by atoms with Crippen molar-refractivity contribution in [1.29, 1.82) is 0 Å². The van der Waals surface area contributed by atoms with Crippen molar-refractivity contribution in [3.05, 3.63) is 23.8 Å². The molecule has 0 atom stereocenters. The van der Waals surface area contributed by atoms with Gasteiger partial charge in [-0.05, 0) is 0 Å². The molecule has 0 amide bonds. The van der Waals surface area contributed by atoms with E-state index >= 15 is 0 Å². The molecular weight excluding hydrogens is 137 g/mol. The number of pyridine rings is 1. The summed E-state index contributed by atoms with van der Waals surface area (Å²) in [6, 6.07) is 0. The fourth-order valence-electron chi connectivity index (χ4n) is 0.608. The lowest BCUT2D eigenvalue weighted by molar-refractivity contribution is 0.268. The maximum absolute atomic E-state index is 12.5. The van der Waals surface area contributed by atoms with E-state index in [4.69, 9.17) is 10.2 Å². The molecule has 0 fully saturated rings. The van der Waals surface area contributed by atoms with Gasteiger partial charge in [-0.2, -0.15) is 0 Å². The Kier molecular flexibility index (Phi) is 1.82. The monoisotopic (exact) mass is 143 g/mol. The zero-order valence-electron chi connectivity index (χ0n) is 5.08. The van der Waals surface area contributed by atoms with Gasteiger partial charge in [0, 0.05) is 0 Å². The third kappa shape index (κ3) is 1.06. The normalized spacial score (nSPS) is 9.80. The van der Waals surface area contributed by atoms with E-state index in [9.17, 15) is 4.39 Å². The van der Waals surface area contributed by atoms with Crippen LogP contribution in [0.1, 0.15) is 5.56 Å². The Labute approximate surface area is 56.8 Å². The van der Waals surface area contributed by atoms with E-state index in [-0.39, 0.29) is 11.3 Å². The number of aromatic nitrogens is 1. The highest BCUT2D eigenvalue weighted by molar-refractivity contribution is 5.28. The molecule has 0 aliphatic rings. The number of nitrogens with zero attached hydrogens (tertiary/aromatic N) is 1. The molecular formula is C6H6FNO2. The van der Waals surface area contributed by atoms with Crippen LogP contribution in [0.4, 0.5) is 4.39 Å². The summed E-state index contributed by atoms with van der Waals surface area (Å²) in [6.07, 6.45) is 2.01. The smallest absolute Gasteiger partial charge is 0.150 e. The van der Waals surface area contributed by atoms with Crippen molar-refractivity contribution in [2.45, 2.75) is 6.61 Å². The van der Waals surface area contributed by atoms with Crippen LogP contribution in [0.15, 0.2) is 12.4 Å². The minimum atomic E-state index is -0.692. The van der Waals surface area contributed by atoms with Crippen LogP contribution >= 0.6 is 0 Å². The minimum absolute atomic E-state index is 0.116. The zero-order chi connectivity index (χ0) is 7.56. The Hall–Kier alpha value is -1.16. The second kappa shape index (κ2) is 2.62. The molecule has 0 aliphatic carbocycles. The molecule has 10 heavy (non-hydrogen) atoms. The lowest BCUT2D eigenvalue weighted by Crippen LogP contribution is -1.90. The Morgan fingerprint density at radius 2 is 2.20 bits per heavy atom. The van der Waals surface area contributed by atoms with Gasteiger partial charge in [-0.25, -0.2) is 4.39 Å². The van der Waals surface area contributed by atoms with Crippen molar-refractivity contribution < 1.29 is 14.6 Å². The van der Waals surface area contributed by atoms with Gasteiger partial charge in [-0.1, -0.05) is 0 Å². The van der Waals surface area contributed by atoms with E-state index in [1.165, 1.54) is 0 Å². The summed E-state index contributed by atoms with van der Waals surface area (Å²) in [5.74, 6) is -1.01. The molecule has 4 heteroatoms. The van der Waals surface area contributed by atoms with Crippen LogP contribution in [0.5, 0.6) is 5.75 Å². The summed E-state index contributed by atoms with van der Waals surface area (Å²) in [5, 5.41) is 17.3. The average molecular weight is 143 g/mol. The number of aromatic hydroxyl groups is 1. The SMILES string of the molecule is OCc1c(O)cncc1F. The number of rotatable bonds is 1. The van der Waals surface area contributed by atoms with Crippen molar-refractivity contribution >= 4 is 0 Å². The number of aliphatic hydroxyl groups is 1. The molecule has 1 aromatic heterocycles. The fraction of sp³-hybridized carbons (Fsp3) is 0.167. The summed E-state index contributed by atoms with van der Waals surface area (Å²) in [4.78, 5) is 3.36. The molecule has 0 aromatic carbocycles. The first kappa shape index (κ1) is 6.95. The van der Waals surface area contributed by atoms with Crippen LogP contribution in [-0.2, 0) is 6.61 Å². The van der Waals surface area contributed by atoms with E-state index in [2.05, 4.69) is 4.98 Å². The Balaban J connectivity index is 3.17. The Morgan fingerprint density at radius 3 is 2.60 bits per heavy atom. The van der Waals surface area contributed by atoms with Crippen molar-refractivity contribution in [1.82, 2.24) is 4.98 Å². The Morgan fingerprint density at radius 1 is 1.50 bits per heavy atom. The van der Waals surface area contributed by atoms with E-state index in [0.29, 0.717) is 0 Å². The van der Waals surface area contributed by atoms with Crippen molar-refractivity contribution in [2.75, 3.05) is 0 Å². The molecule has 54 valence electrons. The molecule has 1 heterocycles. The van der Waals surface area contributed by atoms with Gasteiger partial charge in [0.2, 0.25) is 0 Å². The largest absolute Gasteiger partial charge is 0.506 e. The van der Waals surface area contributed by atoms with Gasteiger partial charge in [0.15, 0.2) is 5.82 Å². The number of hydrogen-bond acceptors (Lipinski definition) is 3. The zero-order valence-corrected chi connectivity index (χ0v) is 5.08. The first-order chi connectivity index (χ1) is 4.75. The third-order valence-electron chi connectivity index (χ3n) is 1.14. The van der Waals surface area contributed by atoms with E-state index in [1.54, 1.807) is 0 Å². The molecule has 0 spiro atoms. The van der Waals surface area contributed by atoms with Crippen LogP contribution in [-0.4, -0.2) is 15.2 Å². The second-order valence-electron chi connectivity index (χ2n) is 1.78. The topological polar surface area (TPSA) is 53.4 Å². The van der Waals surface area contributed by atoms with Gasteiger partial charge in [0.05, 0.1) is 24.6 Å². The maximum Gasteiger partial charge on any atom is 0.150 e. The van der Waals surface area contributed by atoms with Crippen molar-refractivity contribution in [3.8, 4) is 5.75 Å². The van der Waals surface area contributed by atoms with Crippen LogP contribution in [0, 0.1) is 5.82 Å². The fourth-order valence-corrected chi connectivity index (χ4v) is 0.608. The second-order valence-corrected chi connectivity index (χ2v) is 1.78. The van der Waals surface area contributed by atoms with Crippen molar-refractivity contribution in [3.63, 3.8) is 0 Å². The van der Waals surface area contributed by atoms with E-state index in [0.717, 1.165) is 12.4 Å². The summed E-state index contributed by atoms with van der Waals surface area (Å²) in [7, 11) is 0. The molecule has 0 unspecified atom stereocenters. The summed E-state index contributed by atoms with van der Waals surface area (Å²) >= 11 is 0. The molecule has 1 aromatic rings. The average Bonchev–Trinajstić information content (AvgIpc) is 1.88. The number of halogens is 1. The molecule has 0 aliphatic heterocycles. The molecule has 0 saturated carbocycles. The predicted octanol–water partition coefficient (Wildman–Crippen LogP) is 0.419. The number of hydrogen-bond donors (Lipinski definition) is 2. The quantitative estimate of drug-likeness (QED) is 0.599. The van der Waals surface area contributed by atoms with Crippen molar-refractivity contribution in [2.24, 2.45) is 0 Å². The summed E-state index contributed by atoms with van der Waals surface area (Å²) in [6.45, 7) is -0.514. The van der Waals surface area contributed by atoms with E-state index in [1.807, 2.05) is 0 Å². The van der Waals surface area contributed by atoms with Crippen LogP contribution in [0.3, 0.4) is 0 Å². The van der Waals surface area contributed by atoms with Crippen LogP contribution < -0.4 is 0 Å². The third-order valence-corrected chi connectivity index (χ3v) is 1.14. The predicted molar refractivity (Wildman–Crippen MR) is 31.8 cm³/mol.